The van der Waals surface area contributed by atoms with Crippen molar-refractivity contribution in [2.24, 2.45) is 5.92 Å². The zero-order valence-corrected chi connectivity index (χ0v) is 12.7. The van der Waals surface area contributed by atoms with Crippen molar-refractivity contribution in [3.63, 3.8) is 0 Å². The van der Waals surface area contributed by atoms with Gasteiger partial charge in [-0.3, -0.25) is 0 Å². The third-order valence-corrected chi connectivity index (χ3v) is 4.30. The van der Waals surface area contributed by atoms with Crippen molar-refractivity contribution in [2.75, 3.05) is 6.61 Å². The molecule has 0 aliphatic heterocycles. The fraction of sp³-hybridized carbons (Fsp3) is 0.600. The number of halogens is 1. The fourth-order valence-electron chi connectivity index (χ4n) is 2.63. The summed E-state index contributed by atoms with van der Waals surface area (Å²) in [6.07, 6.45) is 8.34. The summed E-state index contributed by atoms with van der Waals surface area (Å²) in [5.41, 5.74) is 1.25. The van der Waals surface area contributed by atoms with Crippen molar-refractivity contribution < 1.29 is 4.74 Å². The van der Waals surface area contributed by atoms with Crippen LogP contribution in [0.1, 0.15) is 44.1 Å². The minimum Gasteiger partial charge on any atom is -0.493 e. The highest BCUT2D eigenvalue weighted by Gasteiger charge is 2.14. The van der Waals surface area contributed by atoms with E-state index in [2.05, 4.69) is 47.7 Å². The highest BCUT2D eigenvalue weighted by Crippen LogP contribution is 2.28. The van der Waals surface area contributed by atoms with E-state index >= 15 is 0 Å². The molecule has 94 valence electrons. The Morgan fingerprint density at radius 1 is 1.29 bits per heavy atom. The maximum Gasteiger partial charge on any atom is 0.122 e. The fourth-order valence-corrected chi connectivity index (χ4v) is 3.27. The van der Waals surface area contributed by atoms with Gasteiger partial charge in [-0.2, -0.15) is 0 Å². The largest absolute Gasteiger partial charge is 0.493 e. The summed E-state index contributed by atoms with van der Waals surface area (Å²) < 4.78 is 7.12. The Morgan fingerprint density at radius 2 is 2.06 bits per heavy atom. The number of ether oxygens (including phenoxy) is 1. The number of hydrogen-bond acceptors (Lipinski definition) is 1. The highest BCUT2D eigenvalue weighted by molar-refractivity contribution is 14.1. The molecule has 0 unspecified atom stereocenters. The molecule has 1 aromatic carbocycles. The van der Waals surface area contributed by atoms with E-state index < -0.39 is 0 Å². The topological polar surface area (TPSA) is 9.23 Å². The molecule has 1 aromatic rings. The van der Waals surface area contributed by atoms with Crippen LogP contribution in [0.15, 0.2) is 18.2 Å². The van der Waals surface area contributed by atoms with Gasteiger partial charge in [-0.25, -0.2) is 0 Å². The van der Waals surface area contributed by atoms with Gasteiger partial charge in [0.05, 0.1) is 6.61 Å². The molecule has 0 bridgehead atoms. The Kier molecular flexibility index (Phi) is 5.14. The second-order valence-corrected chi connectivity index (χ2v) is 6.30. The Hall–Kier alpha value is -0.250. The molecule has 2 rings (SSSR count). The van der Waals surface area contributed by atoms with E-state index in [1.165, 1.54) is 47.7 Å². The molecule has 17 heavy (non-hydrogen) atoms. The summed E-state index contributed by atoms with van der Waals surface area (Å²) >= 11 is 2.34. The van der Waals surface area contributed by atoms with Crippen LogP contribution in [0, 0.1) is 16.4 Å². The van der Waals surface area contributed by atoms with Crippen LogP contribution >= 0.6 is 22.6 Å². The van der Waals surface area contributed by atoms with Gasteiger partial charge in [0, 0.05) is 3.57 Å². The third kappa shape index (κ3) is 4.16. The number of benzene rings is 1. The van der Waals surface area contributed by atoms with Gasteiger partial charge in [0.1, 0.15) is 5.75 Å². The lowest BCUT2D eigenvalue weighted by atomic mass is 10.0. The normalized spacial score (nSPS) is 16.4. The van der Waals surface area contributed by atoms with Crippen LogP contribution in [0.25, 0.3) is 0 Å². The lowest BCUT2D eigenvalue weighted by Gasteiger charge is -2.11. The van der Waals surface area contributed by atoms with E-state index in [1.807, 2.05) is 0 Å². The van der Waals surface area contributed by atoms with Crippen LogP contribution in [0.5, 0.6) is 5.75 Å². The maximum atomic E-state index is 5.85. The Balaban J connectivity index is 1.70. The van der Waals surface area contributed by atoms with E-state index in [4.69, 9.17) is 4.74 Å². The molecule has 1 nitrogen and oxygen atoms in total. The van der Waals surface area contributed by atoms with E-state index in [1.54, 1.807) is 0 Å². The monoisotopic (exact) mass is 344 g/mol. The average Bonchev–Trinajstić information content (AvgIpc) is 2.79. The minimum atomic E-state index is 0.873. The van der Waals surface area contributed by atoms with E-state index in [0.717, 1.165) is 18.3 Å². The van der Waals surface area contributed by atoms with Gasteiger partial charge in [0.2, 0.25) is 0 Å². The summed E-state index contributed by atoms with van der Waals surface area (Å²) in [5, 5.41) is 0. The molecule has 0 aromatic heterocycles. The molecule has 0 spiro atoms. The molecule has 0 atom stereocenters. The number of hydrogen-bond donors (Lipinski definition) is 0. The smallest absolute Gasteiger partial charge is 0.122 e. The molecular weight excluding hydrogens is 323 g/mol. The summed E-state index contributed by atoms with van der Waals surface area (Å²) in [7, 11) is 0. The van der Waals surface area contributed by atoms with Gasteiger partial charge in [-0.05, 0) is 72.0 Å². The standard InChI is InChI=1S/C15H21IO/c1-12-11-14(16)8-9-15(12)17-10-4-7-13-5-2-3-6-13/h8-9,11,13H,2-7,10H2,1H3. The Bertz CT molecular complexity index is 356. The second kappa shape index (κ2) is 6.62. The lowest BCUT2D eigenvalue weighted by molar-refractivity contribution is 0.291. The lowest BCUT2D eigenvalue weighted by Crippen LogP contribution is -2.02. The molecule has 2 heteroatoms. The van der Waals surface area contributed by atoms with Crippen LogP contribution in [0.4, 0.5) is 0 Å². The van der Waals surface area contributed by atoms with Gasteiger partial charge in [-0.15, -0.1) is 0 Å². The van der Waals surface area contributed by atoms with Crippen LogP contribution in [0.3, 0.4) is 0 Å². The minimum absolute atomic E-state index is 0.873. The van der Waals surface area contributed by atoms with Gasteiger partial charge in [0.15, 0.2) is 0 Å². The zero-order chi connectivity index (χ0) is 12.1. The van der Waals surface area contributed by atoms with Gasteiger partial charge in [0.25, 0.3) is 0 Å². The van der Waals surface area contributed by atoms with Crippen molar-refractivity contribution in [3.05, 3.63) is 27.3 Å². The molecule has 1 fully saturated rings. The summed E-state index contributed by atoms with van der Waals surface area (Å²) in [6, 6.07) is 6.37. The molecule has 0 heterocycles. The molecule has 0 radical (unpaired) electrons. The predicted octanol–water partition coefficient (Wildman–Crippen LogP) is 4.95. The molecule has 1 aliphatic rings. The molecule has 0 amide bonds. The van der Waals surface area contributed by atoms with E-state index in [-0.39, 0.29) is 0 Å². The SMILES string of the molecule is Cc1cc(I)ccc1OCCCC1CCCC1. The van der Waals surface area contributed by atoms with Crippen molar-refractivity contribution in [3.8, 4) is 5.75 Å². The summed E-state index contributed by atoms with van der Waals surface area (Å²) in [4.78, 5) is 0. The quantitative estimate of drug-likeness (QED) is 0.543. The highest BCUT2D eigenvalue weighted by atomic mass is 127. The predicted molar refractivity (Wildman–Crippen MR) is 80.6 cm³/mol. The molecule has 1 aliphatic carbocycles. The van der Waals surface area contributed by atoms with Crippen LogP contribution in [0.2, 0.25) is 0 Å². The van der Waals surface area contributed by atoms with E-state index in [0.29, 0.717) is 0 Å². The van der Waals surface area contributed by atoms with Crippen LogP contribution in [-0.4, -0.2) is 6.61 Å². The van der Waals surface area contributed by atoms with Crippen LogP contribution < -0.4 is 4.74 Å². The first-order valence-electron chi connectivity index (χ1n) is 6.64. The van der Waals surface area contributed by atoms with Crippen molar-refractivity contribution in [2.45, 2.75) is 45.4 Å². The third-order valence-electron chi connectivity index (χ3n) is 3.63. The van der Waals surface area contributed by atoms with E-state index in [9.17, 15) is 0 Å². The van der Waals surface area contributed by atoms with Gasteiger partial charge < -0.3 is 4.74 Å². The zero-order valence-electron chi connectivity index (χ0n) is 10.5. The van der Waals surface area contributed by atoms with Crippen LogP contribution in [-0.2, 0) is 0 Å². The molecule has 0 N–H and O–H groups in total. The second-order valence-electron chi connectivity index (χ2n) is 5.05. The maximum absolute atomic E-state index is 5.85. The summed E-state index contributed by atoms with van der Waals surface area (Å²) in [5.74, 6) is 2.04. The first kappa shape index (κ1) is 13.2. The molecular formula is C15H21IO. The molecule has 1 saturated carbocycles. The first-order chi connectivity index (χ1) is 8.25. The van der Waals surface area contributed by atoms with Crippen molar-refractivity contribution in [1.29, 1.82) is 0 Å². The van der Waals surface area contributed by atoms with Gasteiger partial charge in [-0.1, -0.05) is 25.7 Å². The van der Waals surface area contributed by atoms with Crippen molar-refractivity contribution in [1.82, 2.24) is 0 Å². The molecule has 0 saturated heterocycles. The first-order valence-corrected chi connectivity index (χ1v) is 7.72. The van der Waals surface area contributed by atoms with Crippen molar-refractivity contribution >= 4 is 22.6 Å². The number of rotatable bonds is 5. The summed E-state index contributed by atoms with van der Waals surface area (Å²) in [6.45, 7) is 2.99. The van der Waals surface area contributed by atoms with Gasteiger partial charge >= 0.3 is 0 Å². The number of aryl methyl sites for hydroxylation is 1. The Morgan fingerprint density at radius 3 is 2.76 bits per heavy atom. The average molecular weight is 344 g/mol. The Labute approximate surface area is 118 Å².